The third-order valence-corrected chi connectivity index (χ3v) is 7.12. The molecule has 1 heterocycles. The molecule has 1 atom stereocenters. The lowest BCUT2D eigenvalue weighted by molar-refractivity contribution is -0.384. The van der Waals surface area contributed by atoms with Crippen LogP contribution in [0.5, 0.6) is 0 Å². The number of carbonyl (C=O) groups is 1. The number of aromatic nitrogens is 1. The highest BCUT2D eigenvalue weighted by molar-refractivity contribution is 8.01. The fourth-order valence-electron chi connectivity index (χ4n) is 2.75. The molecular formula is C21H12Cl2N2O4S2. The number of halogens is 2. The Morgan fingerprint density at radius 3 is 2.48 bits per heavy atom. The summed E-state index contributed by atoms with van der Waals surface area (Å²) < 4.78 is 7.00. The zero-order valence-electron chi connectivity index (χ0n) is 15.5. The summed E-state index contributed by atoms with van der Waals surface area (Å²) >= 11 is 15.0. The minimum Gasteiger partial charge on any atom is -0.442 e. The minimum absolute atomic E-state index is 0.0134. The van der Waals surface area contributed by atoms with Gasteiger partial charge in [0.2, 0.25) is 0 Å². The monoisotopic (exact) mass is 490 g/mol. The summed E-state index contributed by atoms with van der Waals surface area (Å²) in [5.41, 5.74) is 0.642. The second kappa shape index (κ2) is 9.23. The van der Waals surface area contributed by atoms with E-state index in [9.17, 15) is 14.9 Å². The molecule has 10 heteroatoms. The van der Waals surface area contributed by atoms with Crippen LogP contribution in [0.3, 0.4) is 0 Å². The van der Waals surface area contributed by atoms with Gasteiger partial charge in [-0.2, -0.15) is 0 Å². The Morgan fingerprint density at radius 2 is 1.77 bits per heavy atom. The lowest BCUT2D eigenvalue weighted by Crippen LogP contribution is -2.10. The van der Waals surface area contributed by atoms with Crippen molar-refractivity contribution in [3.8, 4) is 0 Å². The highest BCUT2D eigenvalue weighted by Crippen LogP contribution is 2.43. The maximum Gasteiger partial charge on any atom is 0.341 e. The number of nitrogens with zero attached hydrogens (tertiary/aromatic N) is 2. The van der Waals surface area contributed by atoms with Crippen molar-refractivity contribution < 1.29 is 14.5 Å². The summed E-state index contributed by atoms with van der Waals surface area (Å²) in [7, 11) is 0. The van der Waals surface area contributed by atoms with Gasteiger partial charge in [0.15, 0.2) is 9.78 Å². The molecular weight excluding hydrogens is 479 g/mol. The van der Waals surface area contributed by atoms with Crippen molar-refractivity contribution in [3.05, 3.63) is 98.0 Å². The van der Waals surface area contributed by atoms with Gasteiger partial charge in [0.25, 0.3) is 5.69 Å². The number of rotatable bonds is 6. The first kappa shape index (κ1) is 21.6. The Balaban J connectivity index is 1.67. The van der Waals surface area contributed by atoms with E-state index in [4.69, 9.17) is 27.9 Å². The van der Waals surface area contributed by atoms with Crippen LogP contribution in [0.25, 0.3) is 10.2 Å². The largest absolute Gasteiger partial charge is 0.442 e. The molecule has 0 unspecified atom stereocenters. The molecule has 0 amide bonds. The molecule has 156 valence electrons. The number of thioether (sulfide) groups is 1. The maximum atomic E-state index is 12.8. The van der Waals surface area contributed by atoms with Crippen LogP contribution in [-0.2, 0) is 4.74 Å². The van der Waals surface area contributed by atoms with Gasteiger partial charge in [-0.1, -0.05) is 53.5 Å². The third-order valence-electron chi connectivity index (χ3n) is 4.24. The zero-order valence-corrected chi connectivity index (χ0v) is 18.7. The van der Waals surface area contributed by atoms with Crippen LogP contribution in [0.15, 0.2) is 71.1 Å². The first-order valence-electron chi connectivity index (χ1n) is 8.84. The molecule has 0 spiro atoms. The highest BCUT2D eigenvalue weighted by Gasteiger charge is 2.24. The smallest absolute Gasteiger partial charge is 0.341 e. The van der Waals surface area contributed by atoms with Gasteiger partial charge in [-0.25, -0.2) is 9.78 Å². The van der Waals surface area contributed by atoms with Crippen molar-refractivity contribution >= 4 is 68.2 Å². The Labute approximate surface area is 194 Å². The quantitative estimate of drug-likeness (QED) is 0.0936. The van der Waals surface area contributed by atoms with Crippen molar-refractivity contribution in [2.24, 2.45) is 0 Å². The fourth-order valence-corrected chi connectivity index (χ4v) is 5.52. The molecule has 6 nitrogen and oxygen atoms in total. The van der Waals surface area contributed by atoms with Crippen molar-refractivity contribution in [1.82, 2.24) is 4.98 Å². The van der Waals surface area contributed by atoms with Gasteiger partial charge in [0, 0.05) is 22.7 Å². The summed E-state index contributed by atoms with van der Waals surface area (Å²) in [6, 6.07) is 18.1. The Morgan fingerprint density at radius 1 is 1.06 bits per heavy atom. The van der Waals surface area contributed by atoms with E-state index in [1.807, 2.05) is 0 Å². The third kappa shape index (κ3) is 4.83. The first-order valence-corrected chi connectivity index (χ1v) is 11.3. The summed E-state index contributed by atoms with van der Waals surface area (Å²) in [6.07, 6.45) is 0. The zero-order chi connectivity index (χ0) is 22.0. The molecule has 1 aromatic heterocycles. The van der Waals surface area contributed by atoms with Gasteiger partial charge in [-0.05, 0) is 36.0 Å². The molecule has 0 saturated carbocycles. The molecule has 0 fully saturated rings. The molecule has 4 rings (SSSR count). The lowest BCUT2D eigenvalue weighted by atomic mass is 10.2. The van der Waals surface area contributed by atoms with E-state index in [2.05, 4.69) is 4.98 Å². The number of nitro groups is 1. The normalized spacial score (nSPS) is 11.9. The van der Waals surface area contributed by atoms with E-state index < -0.39 is 16.3 Å². The molecule has 4 aromatic rings. The number of esters is 1. The van der Waals surface area contributed by atoms with E-state index in [1.165, 1.54) is 35.2 Å². The summed E-state index contributed by atoms with van der Waals surface area (Å²) in [5.74, 6) is -0.597. The molecule has 0 aliphatic rings. The summed E-state index contributed by atoms with van der Waals surface area (Å²) in [5, 5.41) is 11.8. The van der Waals surface area contributed by atoms with Crippen LogP contribution < -0.4 is 0 Å². The van der Waals surface area contributed by atoms with Gasteiger partial charge in [-0.3, -0.25) is 10.1 Å². The van der Waals surface area contributed by atoms with Crippen molar-refractivity contribution in [2.45, 2.75) is 9.78 Å². The van der Waals surface area contributed by atoms with Crippen LogP contribution in [0, 0.1) is 10.1 Å². The minimum atomic E-state index is -0.798. The Hall–Kier alpha value is -2.65. The van der Waals surface area contributed by atoms with Gasteiger partial charge in [-0.15, -0.1) is 11.3 Å². The SMILES string of the molecule is O=C(O[C@@H](Sc1nc2ccc([N+](=O)[O-])cc2s1)c1ccccc1Cl)c1ccccc1Cl. The number of hydrogen-bond acceptors (Lipinski definition) is 7. The topological polar surface area (TPSA) is 82.3 Å². The average molecular weight is 491 g/mol. The van der Waals surface area contributed by atoms with Crippen LogP contribution in [0.2, 0.25) is 10.0 Å². The molecule has 3 aromatic carbocycles. The Bertz CT molecular complexity index is 1300. The van der Waals surface area contributed by atoms with Crippen LogP contribution in [0.4, 0.5) is 5.69 Å². The average Bonchev–Trinajstić information content (AvgIpc) is 3.15. The van der Waals surface area contributed by atoms with Crippen molar-refractivity contribution in [1.29, 1.82) is 0 Å². The van der Waals surface area contributed by atoms with Gasteiger partial charge in [0.1, 0.15) is 0 Å². The fraction of sp³-hybridized carbons (Fsp3) is 0.0476. The van der Waals surface area contributed by atoms with Gasteiger partial charge in [0.05, 0.1) is 25.7 Å². The second-order valence-corrected chi connectivity index (χ2v) is 9.40. The molecule has 31 heavy (non-hydrogen) atoms. The van der Waals surface area contributed by atoms with Gasteiger partial charge >= 0.3 is 5.97 Å². The van der Waals surface area contributed by atoms with Crippen LogP contribution in [0.1, 0.15) is 21.4 Å². The predicted molar refractivity (Wildman–Crippen MR) is 123 cm³/mol. The number of fused-ring (bicyclic) bond motifs is 1. The molecule has 0 aliphatic heterocycles. The van der Waals surface area contributed by atoms with E-state index in [0.717, 1.165) is 0 Å². The van der Waals surface area contributed by atoms with Crippen molar-refractivity contribution in [3.63, 3.8) is 0 Å². The first-order chi connectivity index (χ1) is 14.9. The van der Waals surface area contributed by atoms with E-state index in [1.54, 1.807) is 54.6 Å². The van der Waals surface area contributed by atoms with Crippen LogP contribution in [-0.4, -0.2) is 15.9 Å². The van der Waals surface area contributed by atoms with Crippen molar-refractivity contribution in [2.75, 3.05) is 0 Å². The highest BCUT2D eigenvalue weighted by atomic mass is 35.5. The predicted octanol–water partition coefficient (Wildman–Crippen LogP) is 7.16. The molecule has 0 radical (unpaired) electrons. The number of nitro benzene ring substituents is 1. The lowest BCUT2D eigenvalue weighted by Gasteiger charge is -2.18. The van der Waals surface area contributed by atoms with Gasteiger partial charge < -0.3 is 4.74 Å². The Kier molecular flexibility index (Phi) is 6.43. The number of ether oxygens (including phenoxy) is 1. The standard InChI is InChI=1S/C21H12Cl2N2O4S2/c22-15-7-3-1-5-13(15)19(26)29-20(14-6-2-4-8-16(14)23)31-21-24-17-10-9-12(25(27)28)11-18(17)30-21/h1-11,20H/t20-/m0/s1. The molecule has 0 bridgehead atoms. The van der Waals surface area contributed by atoms with E-state index in [-0.39, 0.29) is 16.3 Å². The molecule has 0 aliphatic carbocycles. The number of hydrogen-bond donors (Lipinski definition) is 0. The molecule has 0 saturated heterocycles. The van der Waals surface area contributed by atoms with E-state index in [0.29, 0.717) is 25.1 Å². The maximum absolute atomic E-state index is 12.8. The summed E-state index contributed by atoms with van der Waals surface area (Å²) in [6.45, 7) is 0. The number of benzene rings is 3. The second-order valence-electron chi connectivity index (χ2n) is 6.25. The summed E-state index contributed by atoms with van der Waals surface area (Å²) in [4.78, 5) is 27.9. The molecule has 0 N–H and O–H groups in total. The van der Waals surface area contributed by atoms with Crippen LogP contribution >= 0.6 is 46.3 Å². The van der Waals surface area contributed by atoms with E-state index >= 15 is 0 Å². The number of carbonyl (C=O) groups excluding carboxylic acids is 1. The number of non-ortho nitro benzene ring substituents is 1. The number of thiazole rings is 1.